The van der Waals surface area contributed by atoms with Gasteiger partial charge in [-0.3, -0.25) is 0 Å². The Hall–Kier alpha value is -2.06. The van der Waals surface area contributed by atoms with Crippen LogP contribution in [0.5, 0.6) is 0 Å². The van der Waals surface area contributed by atoms with Crippen molar-refractivity contribution in [1.29, 1.82) is 0 Å². The first-order valence-corrected chi connectivity index (χ1v) is 10.7. The summed E-state index contributed by atoms with van der Waals surface area (Å²) >= 11 is 0. The second-order valence-electron chi connectivity index (χ2n) is 9.13. The maximum absolute atomic E-state index is 11.6. The van der Waals surface area contributed by atoms with Crippen molar-refractivity contribution >= 4 is 0 Å². The van der Waals surface area contributed by atoms with E-state index in [0.717, 1.165) is 33.9 Å². The molecule has 176 valence electrons. The molecule has 0 aromatic heterocycles. The van der Waals surface area contributed by atoms with Crippen LogP contribution in [-0.2, 0) is 12.8 Å². The highest BCUT2D eigenvalue weighted by Crippen LogP contribution is 2.34. The molecule has 0 saturated heterocycles. The van der Waals surface area contributed by atoms with E-state index in [1.165, 1.54) is 0 Å². The second kappa shape index (κ2) is 10.3. The monoisotopic (exact) mass is 444 g/mol. The molecule has 32 heavy (non-hydrogen) atoms. The lowest BCUT2D eigenvalue weighted by atomic mass is 9.72. The van der Waals surface area contributed by atoms with Crippen molar-refractivity contribution in [3.05, 3.63) is 82.4 Å². The van der Waals surface area contributed by atoms with Crippen LogP contribution < -0.4 is 0 Å². The Labute approximate surface area is 190 Å². The summed E-state index contributed by atoms with van der Waals surface area (Å²) < 4.78 is 0. The minimum absolute atomic E-state index is 0.0721. The van der Waals surface area contributed by atoms with E-state index in [2.05, 4.69) is 6.58 Å². The lowest BCUT2D eigenvalue weighted by Crippen LogP contribution is -2.66. The largest absolute Gasteiger partial charge is 0.394 e. The fourth-order valence-corrected chi connectivity index (χ4v) is 4.51. The fourth-order valence-electron chi connectivity index (χ4n) is 4.51. The van der Waals surface area contributed by atoms with Gasteiger partial charge in [-0.05, 0) is 38.8 Å². The summed E-state index contributed by atoms with van der Waals surface area (Å²) in [7, 11) is 0. The molecule has 0 bridgehead atoms. The number of aryl methyl sites for hydroxylation is 4. The van der Waals surface area contributed by atoms with E-state index in [-0.39, 0.29) is 12.8 Å². The summed E-state index contributed by atoms with van der Waals surface area (Å²) in [6.07, 6.45) is -4.79. The molecule has 0 aliphatic carbocycles. The van der Waals surface area contributed by atoms with Crippen molar-refractivity contribution in [2.24, 2.45) is 0 Å². The smallest absolute Gasteiger partial charge is 0.126 e. The van der Waals surface area contributed by atoms with Crippen LogP contribution in [0.4, 0.5) is 0 Å². The molecule has 6 N–H and O–H groups in total. The Morgan fingerprint density at radius 2 is 1.19 bits per heavy atom. The molecular formula is C26H36O6. The fraction of sp³-hybridized carbons (Fsp3) is 0.462. The quantitative estimate of drug-likeness (QED) is 0.308. The Bertz CT molecular complexity index is 901. The van der Waals surface area contributed by atoms with E-state index in [4.69, 9.17) is 0 Å². The predicted octanol–water partition coefficient (Wildman–Crippen LogP) is 1.43. The summed E-state index contributed by atoms with van der Waals surface area (Å²) in [5.74, 6) is 0. The summed E-state index contributed by atoms with van der Waals surface area (Å²) in [5.41, 5.74) is 0.700. The number of benzene rings is 2. The van der Waals surface area contributed by atoms with Gasteiger partial charge >= 0.3 is 0 Å². The molecule has 2 rings (SSSR count). The van der Waals surface area contributed by atoms with Gasteiger partial charge in [-0.1, -0.05) is 64.7 Å². The summed E-state index contributed by atoms with van der Waals surface area (Å²) in [6, 6.07) is 11.2. The van der Waals surface area contributed by atoms with Crippen molar-refractivity contribution < 1.29 is 30.6 Å². The first-order valence-electron chi connectivity index (χ1n) is 10.7. The molecule has 5 atom stereocenters. The minimum atomic E-state index is -2.38. The van der Waals surface area contributed by atoms with Gasteiger partial charge in [0.2, 0.25) is 0 Å². The average molecular weight is 445 g/mol. The first-order chi connectivity index (χ1) is 14.8. The number of hydrogen-bond acceptors (Lipinski definition) is 6. The highest BCUT2D eigenvalue weighted by Gasteiger charge is 2.53. The lowest BCUT2D eigenvalue weighted by molar-refractivity contribution is -0.218. The van der Waals surface area contributed by atoms with E-state index in [9.17, 15) is 30.6 Å². The molecule has 0 heterocycles. The zero-order valence-electron chi connectivity index (χ0n) is 19.3. The molecule has 2 aromatic rings. The average Bonchev–Trinajstić information content (AvgIpc) is 2.70. The van der Waals surface area contributed by atoms with Gasteiger partial charge in [0, 0.05) is 12.8 Å². The maximum atomic E-state index is 11.6. The molecule has 0 spiro atoms. The van der Waals surface area contributed by atoms with Crippen molar-refractivity contribution in [1.82, 2.24) is 0 Å². The third-order valence-corrected chi connectivity index (χ3v) is 5.90. The number of aliphatic hydroxyl groups is 6. The predicted molar refractivity (Wildman–Crippen MR) is 124 cm³/mol. The SMILES string of the molecule is C=CC(O)(Cc1cc(C)cc(C)c1)[C@@H](O)[C@@](O)(Cc1cc(C)cc(C)c1)[C@H](O)[C@@H](O)CO. The van der Waals surface area contributed by atoms with Crippen LogP contribution in [0.3, 0.4) is 0 Å². The number of hydrogen-bond donors (Lipinski definition) is 6. The normalized spacial score (nSPS) is 18.3. The van der Waals surface area contributed by atoms with Crippen LogP contribution in [-0.4, -0.2) is 66.8 Å². The molecule has 6 heteroatoms. The van der Waals surface area contributed by atoms with E-state index in [1.807, 2.05) is 52.0 Å². The lowest BCUT2D eigenvalue weighted by Gasteiger charge is -2.45. The van der Waals surface area contributed by atoms with Crippen LogP contribution in [0.2, 0.25) is 0 Å². The van der Waals surface area contributed by atoms with Gasteiger partial charge in [-0.2, -0.15) is 0 Å². The zero-order valence-corrected chi connectivity index (χ0v) is 19.3. The molecule has 0 aliphatic heterocycles. The highest BCUT2D eigenvalue weighted by atomic mass is 16.4. The van der Waals surface area contributed by atoms with Crippen LogP contribution in [0.25, 0.3) is 0 Å². The second-order valence-corrected chi connectivity index (χ2v) is 9.13. The van der Waals surface area contributed by atoms with Crippen LogP contribution in [0.1, 0.15) is 33.4 Å². The third-order valence-electron chi connectivity index (χ3n) is 5.90. The van der Waals surface area contributed by atoms with Gasteiger partial charge in [0.1, 0.15) is 29.5 Å². The third kappa shape index (κ3) is 5.84. The molecule has 6 nitrogen and oxygen atoms in total. The molecule has 0 saturated carbocycles. The molecular weight excluding hydrogens is 408 g/mol. The molecule has 1 unspecified atom stereocenters. The van der Waals surface area contributed by atoms with Crippen molar-refractivity contribution in [3.8, 4) is 0 Å². The van der Waals surface area contributed by atoms with Gasteiger partial charge in [-0.15, -0.1) is 6.58 Å². The van der Waals surface area contributed by atoms with Crippen LogP contribution in [0, 0.1) is 27.7 Å². The Balaban J connectivity index is 2.52. The van der Waals surface area contributed by atoms with Gasteiger partial charge in [0.25, 0.3) is 0 Å². The van der Waals surface area contributed by atoms with E-state index >= 15 is 0 Å². The number of aliphatic hydroxyl groups excluding tert-OH is 4. The Morgan fingerprint density at radius 3 is 1.56 bits per heavy atom. The Kier molecular flexibility index (Phi) is 8.39. The van der Waals surface area contributed by atoms with E-state index in [1.54, 1.807) is 12.1 Å². The first kappa shape index (κ1) is 26.2. The molecule has 2 aromatic carbocycles. The molecule has 0 radical (unpaired) electrons. The van der Waals surface area contributed by atoms with E-state index in [0.29, 0.717) is 5.56 Å². The molecule has 0 fully saturated rings. The van der Waals surface area contributed by atoms with Crippen LogP contribution >= 0.6 is 0 Å². The van der Waals surface area contributed by atoms with Gasteiger partial charge in [0.05, 0.1) is 6.61 Å². The van der Waals surface area contributed by atoms with Crippen molar-refractivity contribution in [3.63, 3.8) is 0 Å². The summed E-state index contributed by atoms with van der Waals surface area (Å²) in [4.78, 5) is 0. The Morgan fingerprint density at radius 1 is 0.781 bits per heavy atom. The molecule has 0 amide bonds. The zero-order chi connectivity index (χ0) is 24.3. The summed E-state index contributed by atoms with van der Waals surface area (Å²) in [5, 5.41) is 64.5. The number of rotatable bonds is 10. The van der Waals surface area contributed by atoms with Gasteiger partial charge < -0.3 is 30.6 Å². The topological polar surface area (TPSA) is 121 Å². The van der Waals surface area contributed by atoms with Crippen LogP contribution in [0.15, 0.2) is 49.1 Å². The maximum Gasteiger partial charge on any atom is 0.126 e. The van der Waals surface area contributed by atoms with Gasteiger partial charge in [-0.25, -0.2) is 0 Å². The van der Waals surface area contributed by atoms with Crippen molar-refractivity contribution in [2.75, 3.05) is 6.61 Å². The highest BCUT2D eigenvalue weighted by molar-refractivity contribution is 5.33. The minimum Gasteiger partial charge on any atom is -0.394 e. The van der Waals surface area contributed by atoms with Gasteiger partial charge in [0.15, 0.2) is 0 Å². The standard InChI is InChI=1S/C26H36O6/c1-6-25(31,13-20-9-16(2)7-17(3)10-20)24(30)26(32,23(29)22(28)15-27)14-21-11-18(4)8-19(5)12-21/h6-12,22-24,27-32H,1,13-15H2,2-5H3/t22-,23+,24+,25?,26+/m0/s1. The van der Waals surface area contributed by atoms with Crippen molar-refractivity contribution in [2.45, 2.75) is 70.1 Å². The molecule has 0 aliphatic rings. The summed E-state index contributed by atoms with van der Waals surface area (Å²) in [6.45, 7) is 10.4. The van der Waals surface area contributed by atoms with E-state index < -0.39 is 36.1 Å².